The maximum absolute atomic E-state index is 13.7. The highest BCUT2D eigenvalue weighted by atomic mass is 79.9. The van der Waals surface area contributed by atoms with E-state index in [4.69, 9.17) is 0 Å². The lowest BCUT2D eigenvalue weighted by atomic mass is 10.0. The van der Waals surface area contributed by atoms with Gasteiger partial charge in [-0.05, 0) is 28.9 Å². The molecule has 0 aliphatic rings. The van der Waals surface area contributed by atoms with Gasteiger partial charge in [0.1, 0.15) is 23.3 Å². The van der Waals surface area contributed by atoms with E-state index in [1.165, 1.54) is 34.9 Å². The monoisotopic (exact) mass is 400 g/mol. The number of rotatable bonds is 4. The van der Waals surface area contributed by atoms with E-state index in [1.807, 2.05) is 0 Å². The van der Waals surface area contributed by atoms with E-state index in [9.17, 15) is 18.3 Å². The highest BCUT2D eigenvalue weighted by Gasteiger charge is 2.23. The Morgan fingerprint density at radius 1 is 1.29 bits per heavy atom. The van der Waals surface area contributed by atoms with Crippen LogP contribution in [0.15, 0.2) is 41.0 Å². The number of alkyl halides is 2. The number of fused-ring (bicyclic) bond motifs is 1. The first-order valence-electron chi connectivity index (χ1n) is 6.94. The van der Waals surface area contributed by atoms with E-state index in [2.05, 4.69) is 25.7 Å². The van der Waals surface area contributed by atoms with Crippen LogP contribution in [0.5, 0.6) is 5.75 Å². The maximum atomic E-state index is 13.7. The molecule has 126 valence electrons. The zero-order valence-corrected chi connectivity index (χ0v) is 14.0. The van der Waals surface area contributed by atoms with Gasteiger partial charge in [0.15, 0.2) is 0 Å². The number of ether oxygens (including phenoxy) is 1. The lowest BCUT2D eigenvalue weighted by Crippen LogP contribution is -2.10. The van der Waals surface area contributed by atoms with Crippen LogP contribution in [0.4, 0.5) is 13.2 Å². The summed E-state index contributed by atoms with van der Waals surface area (Å²) >= 11 is 3.08. The van der Waals surface area contributed by atoms with Crippen LogP contribution in [0, 0.1) is 12.7 Å². The molecule has 0 saturated heterocycles. The van der Waals surface area contributed by atoms with Crippen LogP contribution in [0.1, 0.15) is 23.1 Å². The second kappa shape index (κ2) is 6.45. The summed E-state index contributed by atoms with van der Waals surface area (Å²) in [4.78, 5) is 4.21. The first-order chi connectivity index (χ1) is 11.4. The molecule has 3 aromatic rings. The molecule has 1 atom stereocenters. The molecule has 0 spiro atoms. The lowest BCUT2D eigenvalue weighted by molar-refractivity contribution is -0.0513. The molecule has 8 heteroatoms. The number of aliphatic hydroxyl groups is 1. The molecule has 24 heavy (non-hydrogen) atoms. The molecular formula is C16H12BrF3N2O2. The first-order valence-corrected chi connectivity index (χ1v) is 7.73. The summed E-state index contributed by atoms with van der Waals surface area (Å²) in [6, 6.07) is 7.18. The molecule has 2 heterocycles. The number of aryl methyl sites for hydroxylation is 1. The second-order valence-electron chi connectivity index (χ2n) is 5.10. The van der Waals surface area contributed by atoms with E-state index in [0.717, 1.165) is 0 Å². The number of imidazole rings is 1. The fourth-order valence-electron chi connectivity index (χ4n) is 2.56. The minimum atomic E-state index is -3.01. The summed E-state index contributed by atoms with van der Waals surface area (Å²) in [7, 11) is 0. The number of nitrogens with zero attached hydrogens (tertiary/aromatic N) is 2. The molecule has 4 nitrogen and oxygen atoms in total. The van der Waals surface area contributed by atoms with Gasteiger partial charge in [0, 0.05) is 17.8 Å². The van der Waals surface area contributed by atoms with Gasteiger partial charge >= 0.3 is 6.61 Å². The molecule has 3 rings (SSSR count). The summed E-state index contributed by atoms with van der Waals surface area (Å²) in [6.45, 7) is -1.36. The summed E-state index contributed by atoms with van der Waals surface area (Å²) in [5.74, 6) is -0.620. The molecule has 0 saturated carbocycles. The van der Waals surface area contributed by atoms with Gasteiger partial charge in [0.2, 0.25) is 0 Å². The number of benzene rings is 1. The van der Waals surface area contributed by atoms with E-state index >= 15 is 0 Å². The van der Waals surface area contributed by atoms with E-state index in [-0.39, 0.29) is 15.8 Å². The van der Waals surface area contributed by atoms with E-state index in [1.54, 1.807) is 13.0 Å². The fourth-order valence-corrected chi connectivity index (χ4v) is 2.88. The largest absolute Gasteiger partial charge is 0.434 e. The van der Waals surface area contributed by atoms with Gasteiger partial charge in [-0.3, -0.25) is 4.40 Å². The fraction of sp³-hybridized carbons (Fsp3) is 0.188. The van der Waals surface area contributed by atoms with Crippen LogP contribution in [0.25, 0.3) is 5.65 Å². The second-order valence-corrected chi connectivity index (χ2v) is 5.95. The van der Waals surface area contributed by atoms with Gasteiger partial charge in [-0.1, -0.05) is 18.2 Å². The van der Waals surface area contributed by atoms with Crippen molar-refractivity contribution >= 4 is 21.6 Å². The van der Waals surface area contributed by atoms with Crippen molar-refractivity contribution in [1.82, 2.24) is 9.38 Å². The van der Waals surface area contributed by atoms with Crippen LogP contribution in [0.2, 0.25) is 0 Å². The Balaban J connectivity index is 2.14. The predicted molar refractivity (Wildman–Crippen MR) is 84.7 cm³/mol. The Labute approximate surface area is 143 Å². The van der Waals surface area contributed by atoms with E-state index < -0.39 is 18.5 Å². The smallest absolute Gasteiger partial charge is 0.387 e. The number of para-hydroxylation sites is 1. The molecular weight excluding hydrogens is 389 g/mol. The van der Waals surface area contributed by atoms with Gasteiger partial charge < -0.3 is 9.84 Å². The molecule has 2 aromatic heterocycles. The van der Waals surface area contributed by atoms with Gasteiger partial charge in [0.25, 0.3) is 0 Å². The number of pyridine rings is 1. The number of hydrogen-bond donors (Lipinski definition) is 1. The summed E-state index contributed by atoms with van der Waals surface area (Å²) < 4.78 is 45.0. The highest BCUT2D eigenvalue weighted by Crippen LogP contribution is 2.33. The lowest BCUT2D eigenvalue weighted by Gasteiger charge is -2.16. The normalized spacial score (nSPS) is 12.8. The predicted octanol–water partition coefficient (Wildman–Crippen LogP) is 4.23. The Morgan fingerprint density at radius 2 is 2.00 bits per heavy atom. The first kappa shape index (κ1) is 16.8. The van der Waals surface area contributed by atoms with Crippen LogP contribution >= 0.6 is 15.9 Å². The van der Waals surface area contributed by atoms with Crippen molar-refractivity contribution in [2.45, 2.75) is 19.6 Å². The molecule has 1 aromatic carbocycles. The Morgan fingerprint density at radius 3 is 2.71 bits per heavy atom. The molecule has 0 aliphatic carbocycles. The third kappa shape index (κ3) is 2.99. The average Bonchev–Trinajstić information content (AvgIpc) is 2.82. The van der Waals surface area contributed by atoms with Crippen LogP contribution in [-0.4, -0.2) is 21.1 Å². The van der Waals surface area contributed by atoms with Crippen molar-refractivity contribution in [3.05, 3.63) is 63.8 Å². The number of halogens is 4. The van der Waals surface area contributed by atoms with E-state index in [0.29, 0.717) is 17.0 Å². The minimum Gasteiger partial charge on any atom is -0.434 e. The van der Waals surface area contributed by atoms with Crippen molar-refractivity contribution in [2.75, 3.05) is 0 Å². The van der Waals surface area contributed by atoms with Crippen LogP contribution < -0.4 is 4.74 Å². The Kier molecular flexibility index (Phi) is 4.51. The minimum absolute atomic E-state index is 0.129. The standard InChI is InChI=1S/C16H12BrF3N2O2/c1-8-14(22-7-10(17)11(18)6-13(22)21-8)15(23)9-4-2-3-5-12(9)24-16(19)20/h2-7,15-16,23H,1H3/t15-/m1/s1. The van der Waals surface area contributed by atoms with Crippen LogP contribution in [0.3, 0.4) is 0 Å². The molecule has 0 unspecified atom stereocenters. The third-order valence-electron chi connectivity index (χ3n) is 3.57. The van der Waals surface area contributed by atoms with Gasteiger partial charge in [-0.2, -0.15) is 8.78 Å². The van der Waals surface area contributed by atoms with Crippen molar-refractivity contribution < 1.29 is 23.0 Å². The van der Waals surface area contributed by atoms with Crippen molar-refractivity contribution in [1.29, 1.82) is 0 Å². The third-order valence-corrected chi connectivity index (χ3v) is 4.16. The topological polar surface area (TPSA) is 46.8 Å². The molecule has 0 fully saturated rings. The quantitative estimate of drug-likeness (QED) is 0.712. The summed E-state index contributed by atoms with van der Waals surface area (Å²) in [6.07, 6.45) is 0.159. The molecule has 0 radical (unpaired) electrons. The van der Waals surface area contributed by atoms with Crippen molar-refractivity contribution in [3.8, 4) is 5.75 Å². The SMILES string of the molecule is Cc1nc2cc(F)c(Br)cn2c1[C@H](O)c1ccccc1OC(F)F. The highest BCUT2D eigenvalue weighted by molar-refractivity contribution is 9.10. The number of aliphatic hydroxyl groups excluding tert-OH is 1. The Bertz CT molecular complexity index is 898. The zero-order chi connectivity index (χ0) is 17.4. The molecule has 0 amide bonds. The maximum Gasteiger partial charge on any atom is 0.387 e. The van der Waals surface area contributed by atoms with Crippen LogP contribution in [-0.2, 0) is 0 Å². The number of hydrogen-bond acceptors (Lipinski definition) is 3. The summed E-state index contributed by atoms with van der Waals surface area (Å²) in [5, 5.41) is 10.7. The van der Waals surface area contributed by atoms with Gasteiger partial charge in [-0.15, -0.1) is 0 Å². The summed E-state index contributed by atoms with van der Waals surface area (Å²) in [5.41, 5.74) is 1.26. The Hall–Kier alpha value is -2.06. The molecule has 0 bridgehead atoms. The average molecular weight is 401 g/mol. The van der Waals surface area contributed by atoms with Gasteiger partial charge in [-0.25, -0.2) is 9.37 Å². The number of aromatic nitrogens is 2. The molecule has 1 N–H and O–H groups in total. The van der Waals surface area contributed by atoms with Crippen molar-refractivity contribution in [2.24, 2.45) is 0 Å². The zero-order valence-electron chi connectivity index (χ0n) is 12.4. The van der Waals surface area contributed by atoms with Crippen molar-refractivity contribution in [3.63, 3.8) is 0 Å². The molecule has 0 aliphatic heterocycles. The van der Waals surface area contributed by atoms with Gasteiger partial charge in [0.05, 0.1) is 15.9 Å².